The molecule has 1 N–H and O–H groups in total. The van der Waals surface area contributed by atoms with E-state index in [4.69, 9.17) is 4.74 Å². The van der Waals surface area contributed by atoms with Crippen LogP contribution in [-0.4, -0.2) is 17.6 Å². The topological polar surface area (TPSA) is 72.7 Å². The van der Waals surface area contributed by atoms with E-state index in [2.05, 4.69) is 10.3 Å². The number of aromatic nitrogens is 1. The molecule has 0 radical (unpaired) electrons. The number of anilines is 1. The second kappa shape index (κ2) is 10.6. The molecule has 1 aliphatic heterocycles. The van der Waals surface area contributed by atoms with Crippen molar-refractivity contribution < 1.29 is 9.53 Å². The molecule has 0 unspecified atom stereocenters. The second-order valence-corrected chi connectivity index (χ2v) is 9.48. The zero-order valence-corrected chi connectivity index (χ0v) is 21.2. The number of benzene rings is 3. The van der Waals surface area contributed by atoms with Crippen LogP contribution in [0, 0.1) is 0 Å². The first-order valence-electron chi connectivity index (χ1n) is 11.8. The van der Waals surface area contributed by atoms with Gasteiger partial charge in [0, 0.05) is 5.69 Å². The van der Waals surface area contributed by atoms with Gasteiger partial charge in [-0.1, -0.05) is 84.2 Å². The summed E-state index contributed by atoms with van der Waals surface area (Å²) in [6.07, 6.45) is 5.60. The fourth-order valence-electron chi connectivity index (χ4n) is 4.28. The minimum absolute atomic E-state index is 0.202. The summed E-state index contributed by atoms with van der Waals surface area (Å²) in [7, 11) is 1.59. The van der Waals surface area contributed by atoms with Gasteiger partial charge in [0.25, 0.3) is 11.5 Å². The standard InChI is InChI=1S/C30H25N3O3S/c1-20-26(28(34)32-23-15-7-4-8-16-23)27(22-14-10-17-24(19-22)36-2)33-29(35)25(37-30(33)31-20)18-9-13-21-11-5-3-6-12-21/h3-19,27H,1-2H3,(H,32,34)/b13-9+,25-18+/t27-/m1/s1. The van der Waals surface area contributed by atoms with Gasteiger partial charge in [0.2, 0.25) is 0 Å². The third-order valence-electron chi connectivity index (χ3n) is 6.04. The van der Waals surface area contributed by atoms with E-state index in [1.54, 1.807) is 24.7 Å². The molecule has 1 amide bonds. The maximum absolute atomic E-state index is 13.7. The fourth-order valence-corrected chi connectivity index (χ4v) is 5.28. The Bertz CT molecular complexity index is 1680. The lowest BCUT2D eigenvalue weighted by Crippen LogP contribution is -2.40. The minimum Gasteiger partial charge on any atom is -0.497 e. The molecule has 1 atom stereocenters. The summed E-state index contributed by atoms with van der Waals surface area (Å²) in [6, 6.07) is 25.9. The molecule has 4 aromatic rings. The number of hydrogen-bond donors (Lipinski definition) is 1. The third-order valence-corrected chi connectivity index (χ3v) is 7.04. The van der Waals surface area contributed by atoms with Gasteiger partial charge in [0.1, 0.15) is 5.75 Å². The van der Waals surface area contributed by atoms with Gasteiger partial charge >= 0.3 is 0 Å². The largest absolute Gasteiger partial charge is 0.497 e. The Balaban J connectivity index is 1.63. The van der Waals surface area contributed by atoms with Crippen LogP contribution in [0.3, 0.4) is 0 Å². The zero-order valence-electron chi connectivity index (χ0n) is 20.4. The van der Waals surface area contributed by atoms with E-state index in [0.29, 0.717) is 32.0 Å². The molecule has 3 aromatic carbocycles. The van der Waals surface area contributed by atoms with E-state index in [-0.39, 0.29) is 11.5 Å². The number of fused-ring (bicyclic) bond motifs is 1. The molecule has 0 spiro atoms. The monoisotopic (exact) mass is 507 g/mol. The number of carbonyl (C=O) groups is 1. The normalized spacial score (nSPS) is 15.4. The number of nitrogens with zero attached hydrogens (tertiary/aromatic N) is 2. The van der Waals surface area contributed by atoms with Crippen LogP contribution in [0.15, 0.2) is 112 Å². The number of hydrogen-bond acceptors (Lipinski definition) is 5. The molecule has 0 bridgehead atoms. The number of para-hydroxylation sites is 1. The maximum atomic E-state index is 13.7. The first kappa shape index (κ1) is 24.2. The number of rotatable bonds is 6. The molecule has 0 saturated heterocycles. The highest BCUT2D eigenvalue weighted by Gasteiger charge is 2.32. The molecule has 37 heavy (non-hydrogen) atoms. The van der Waals surface area contributed by atoms with Crippen LogP contribution in [0.5, 0.6) is 5.75 Å². The second-order valence-electron chi connectivity index (χ2n) is 8.47. The number of thiazole rings is 1. The van der Waals surface area contributed by atoms with Gasteiger partial charge in [0.05, 0.1) is 29.0 Å². The summed E-state index contributed by atoms with van der Waals surface area (Å²) in [5.74, 6) is 0.335. The Morgan fingerprint density at radius 1 is 1.03 bits per heavy atom. The predicted octanol–water partition coefficient (Wildman–Crippen LogP) is 4.55. The van der Waals surface area contributed by atoms with E-state index in [9.17, 15) is 9.59 Å². The van der Waals surface area contributed by atoms with Gasteiger partial charge in [-0.25, -0.2) is 4.99 Å². The average molecular weight is 508 g/mol. The highest BCUT2D eigenvalue weighted by Crippen LogP contribution is 2.32. The molecule has 6 nitrogen and oxygen atoms in total. The van der Waals surface area contributed by atoms with E-state index in [0.717, 1.165) is 11.1 Å². The molecule has 0 aliphatic carbocycles. The minimum atomic E-state index is -0.657. The number of carbonyl (C=O) groups excluding carboxylic acids is 1. The number of nitrogens with one attached hydrogen (secondary N) is 1. The third kappa shape index (κ3) is 5.08. The van der Waals surface area contributed by atoms with E-state index >= 15 is 0 Å². The van der Waals surface area contributed by atoms with Crippen LogP contribution in [0.4, 0.5) is 5.69 Å². The number of allylic oxidation sites excluding steroid dienone is 2. The Kier molecular flexibility index (Phi) is 6.96. The van der Waals surface area contributed by atoms with Crippen LogP contribution in [0.25, 0.3) is 12.2 Å². The SMILES string of the molecule is COc1cccc([C@@H]2C(C(=O)Nc3ccccc3)=C(C)N=c3s/c(=C/C=C/c4ccccc4)c(=O)n32)c1. The van der Waals surface area contributed by atoms with Crippen LogP contribution in [0.2, 0.25) is 0 Å². The Hall–Kier alpha value is -4.49. The molecule has 1 aliphatic rings. The van der Waals surface area contributed by atoms with Crippen molar-refractivity contribution >= 4 is 35.1 Å². The zero-order chi connectivity index (χ0) is 25.8. The van der Waals surface area contributed by atoms with E-state index in [1.165, 1.54) is 11.3 Å². The van der Waals surface area contributed by atoms with E-state index < -0.39 is 6.04 Å². The summed E-state index contributed by atoms with van der Waals surface area (Å²) in [5, 5.41) is 2.96. The molecule has 0 saturated carbocycles. The van der Waals surface area contributed by atoms with Crippen LogP contribution in [-0.2, 0) is 4.79 Å². The molecule has 2 heterocycles. The van der Waals surface area contributed by atoms with Crippen molar-refractivity contribution in [2.45, 2.75) is 13.0 Å². The summed E-state index contributed by atoms with van der Waals surface area (Å²) < 4.78 is 7.59. The van der Waals surface area contributed by atoms with Gasteiger partial charge < -0.3 is 10.1 Å². The molecular weight excluding hydrogens is 482 g/mol. The Morgan fingerprint density at radius 2 is 1.76 bits per heavy atom. The Morgan fingerprint density at radius 3 is 2.49 bits per heavy atom. The van der Waals surface area contributed by atoms with Gasteiger partial charge in [0.15, 0.2) is 4.80 Å². The van der Waals surface area contributed by atoms with Crippen molar-refractivity contribution in [3.8, 4) is 5.75 Å². The quantitative estimate of drug-likeness (QED) is 0.416. The van der Waals surface area contributed by atoms with Gasteiger partial charge in [-0.05, 0) is 48.4 Å². The lowest BCUT2D eigenvalue weighted by Gasteiger charge is -2.25. The van der Waals surface area contributed by atoms with Crippen molar-refractivity contribution in [3.63, 3.8) is 0 Å². The molecular formula is C30H25N3O3S. The van der Waals surface area contributed by atoms with Crippen molar-refractivity contribution in [2.75, 3.05) is 12.4 Å². The maximum Gasteiger partial charge on any atom is 0.271 e. The molecule has 5 rings (SSSR count). The van der Waals surface area contributed by atoms with Crippen molar-refractivity contribution in [3.05, 3.63) is 133 Å². The molecule has 1 aromatic heterocycles. The number of methoxy groups -OCH3 is 1. The molecule has 184 valence electrons. The summed E-state index contributed by atoms with van der Waals surface area (Å²) in [6.45, 7) is 1.81. The van der Waals surface area contributed by atoms with Crippen LogP contribution in [0.1, 0.15) is 24.1 Å². The number of amides is 1. The fraction of sp³-hybridized carbons (Fsp3) is 0.100. The summed E-state index contributed by atoms with van der Waals surface area (Å²) in [4.78, 5) is 32.5. The summed E-state index contributed by atoms with van der Waals surface area (Å²) >= 11 is 1.31. The lowest BCUT2D eigenvalue weighted by atomic mass is 9.95. The lowest BCUT2D eigenvalue weighted by molar-refractivity contribution is -0.113. The smallest absolute Gasteiger partial charge is 0.271 e. The number of ether oxygens (including phenoxy) is 1. The average Bonchev–Trinajstić information content (AvgIpc) is 3.23. The first-order valence-corrected chi connectivity index (χ1v) is 12.6. The first-order chi connectivity index (χ1) is 18.0. The predicted molar refractivity (Wildman–Crippen MR) is 148 cm³/mol. The summed E-state index contributed by atoms with van der Waals surface area (Å²) in [5.41, 5.74) is 3.24. The van der Waals surface area contributed by atoms with Crippen molar-refractivity contribution in [1.82, 2.24) is 4.57 Å². The molecule has 0 fully saturated rings. The van der Waals surface area contributed by atoms with Crippen LogP contribution >= 0.6 is 11.3 Å². The van der Waals surface area contributed by atoms with Gasteiger partial charge in [-0.2, -0.15) is 0 Å². The van der Waals surface area contributed by atoms with Crippen molar-refractivity contribution in [1.29, 1.82) is 0 Å². The van der Waals surface area contributed by atoms with Gasteiger partial charge in [-0.15, -0.1) is 0 Å². The highest BCUT2D eigenvalue weighted by atomic mass is 32.1. The Labute approximate surface area is 218 Å². The van der Waals surface area contributed by atoms with E-state index in [1.807, 2.05) is 97.1 Å². The van der Waals surface area contributed by atoms with Crippen molar-refractivity contribution in [2.24, 2.45) is 4.99 Å². The highest BCUT2D eigenvalue weighted by molar-refractivity contribution is 7.07. The van der Waals surface area contributed by atoms with Crippen LogP contribution < -0.4 is 24.9 Å². The molecule has 7 heteroatoms. The van der Waals surface area contributed by atoms with Gasteiger partial charge in [-0.3, -0.25) is 14.2 Å².